The summed E-state index contributed by atoms with van der Waals surface area (Å²) in [5.74, 6) is -0.939. The fourth-order valence-electron chi connectivity index (χ4n) is 6.63. The Bertz CT molecular complexity index is 1130. The third-order valence-electron chi connectivity index (χ3n) is 10.3. The molecule has 0 fully saturated rings. The van der Waals surface area contributed by atoms with Crippen molar-refractivity contribution in [1.82, 2.24) is 0 Å². The number of hydrogen-bond acceptors (Lipinski definition) is 6. The molecule has 59 heavy (non-hydrogen) atoms. The summed E-state index contributed by atoms with van der Waals surface area (Å²) >= 11 is 0. The van der Waals surface area contributed by atoms with Crippen LogP contribution in [0, 0.1) is 0 Å². The zero-order valence-corrected chi connectivity index (χ0v) is 38.5. The summed E-state index contributed by atoms with van der Waals surface area (Å²) in [6.07, 6.45) is 58.8. The summed E-state index contributed by atoms with van der Waals surface area (Å²) in [5.41, 5.74) is 0. The van der Waals surface area contributed by atoms with Crippen LogP contribution in [0.3, 0.4) is 0 Å². The van der Waals surface area contributed by atoms with Gasteiger partial charge in [0.2, 0.25) is 0 Å². The predicted octanol–water partition coefficient (Wildman–Crippen LogP) is 15.9. The zero-order chi connectivity index (χ0) is 43.0. The highest BCUT2D eigenvalue weighted by Gasteiger charge is 2.19. The molecule has 0 aromatic rings. The van der Waals surface area contributed by atoms with E-state index < -0.39 is 6.10 Å². The van der Waals surface area contributed by atoms with E-state index in [1.165, 1.54) is 116 Å². The van der Waals surface area contributed by atoms with Gasteiger partial charge in [-0.1, -0.05) is 216 Å². The van der Waals surface area contributed by atoms with Gasteiger partial charge in [-0.25, -0.2) is 0 Å². The average Bonchev–Trinajstić information content (AvgIpc) is 3.23. The Morgan fingerprint density at radius 1 is 0.356 bits per heavy atom. The molecule has 0 N–H and O–H groups in total. The van der Waals surface area contributed by atoms with Gasteiger partial charge in [0.1, 0.15) is 13.2 Å². The summed E-state index contributed by atoms with van der Waals surface area (Å²) in [6, 6.07) is 0. The van der Waals surface area contributed by atoms with Crippen LogP contribution in [0.4, 0.5) is 0 Å². The Hall–Kier alpha value is -3.15. The van der Waals surface area contributed by atoms with Gasteiger partial charge in [0.05, 0.1) is 0 Å². The number of allylic oxidation sites excluding steroid dienone is 12. The lowest BCUT2D eigenvalue weighted by Gasteiger charge is -2.18. The largest absolute Gasteiger partial charge is 0.462 e. The van der Waals surface area contributed by atoms with Crippen LogP contribution in [-0.2, 0) is 28.6 Å². The molecule has 6 heteroatoms. The van der Waals surface area contributed by atoms with Crippen LogP contribution in [0.25, 0.3) is 0 Å². The summed E-state index contributed by atoms with van der Waals surface area (Å²) in [4.78, 5) is 37.9. The summed E-state index contributed by atoms with van der Waals surface area (Å²) in [5, 5.41) is 0. The number of carbonyl (C=O) groups excluding carboxylic acids is 3. The molecule has 0 aliphatic rings. The second-order valence-electron chi connectivity index (χ2n) is 16.1. The molecule has 1 unspecified atom stereocenters. The number of hydrogen-bond donors (Lipinski definition) is 0. The average molecular weight is 823 g/mol. The molecule has 0 radical (unpaired) electrons. The molecule has 1 atom stereocenters. The summed E-state index contributed by atoms with van der Waals surface area (Å²) in [7, 11) is 0. The smallest absolute Gasteiger partial charge is 0.306 e. The highest BCUT2D eigenvalue weighted by Crippen LogP contribution is 2.14. The molecule has 0 spiro atoms. The van der Waals surface area contributed by atoms with Crippen molar-refractivity contribution in [2.24, 2.45) is 0 Å². The van der Waals surface area contributed by atoms with Crippen molar-refractivity contribution < 1.29 is 28.6 Å². The first kappa shape index (κ1) is 55.9. The standard InChI is InChI=1S/C53H90O6/c1-4-7-10-13-16-19-22-24-26-28-31-34-37-40-43-46-52(55)58-49-50(48-57-51(54)45-42-39-36-33-30-21-18-15-12-9-6-3)59-53(56)47-44-41-38-35-32-29-27-25-23-20-17-14-11-8-5-2/h7,10,13,16,19-20,22-24,26,28,31,50H,4-6,8-9,11-12,14-15,17-18,21,25,27,29-30,32-49H2,1-3H3/b10-7-,16-13-,22-19-,23-20-,26-24-,31-28-. The van der Waals surface area contributed by atoms with Crippen molar-refractivity contribution in [3.8, 4) is 0 Å². The van der Waals surface area contributed by atoms with Crippen LogP contribution in [0.2, 0.25) is 0 Å². The van der Waals surface area contributed by atoms with E-state index >= 15 is 0 Å². The van der Waals surface area contributed by atoms with Gasteiger partial charge in [0.15, 0.2) is 6.10 Å². The molecule has 0 saturated carbocycles. The van der Waals surface area contributed by atoms with E-state index in [1.54, 1.807) is 0 Å². The molecule has 0 aliphatic heterocycles. The van der Waals surface area contributed by atoms with Gasteiger partial charge in [-0.15, -0.1) is 0 Å². The maximum absolute atomic E-state index is 12.8. The zero-order valence-electron chi connectivity index (χ0n) is 38.5. The van der Waals surface area contributed by atoms with Crippen LogP contribution in [-0.4, -0.2) is 37.2 Å². The van der Waals surface area contributed by atoms with Crippen LogP contribution in [0.5, 0.6) is 0 Å². The lowest BCUT2D eigenvalue weighted by Crippen LogP contribution is -2.30. The lowest BCUT2D eigenvalue weighted by atomic mass is 10.1. The topological polar surface area (TPSA) is 78.9 Å². The second-order valence-corrected chi connectivity index (χ2v) is 16.1. The number of esters is 3. The Morgan fingerprint density at radius 3 is 1.12 bits per heavy atom. The minimum atomic E-state index is -0.792. The number of ether oxygens (including phenoxy) is 3. The van der Waals surface area contributed by atoms with E-state index in [2.05, 4.69) is 45.1 Å². The third kappa shape index (κ3) is 45.8. The quantitative estimate of drug-likeness (QED) is 0.0200. The molecule has 0 aromatic carbocycles. The Labute approximate surface area is 363 Å². The van der Waals surface area contributed by atoms with Crippen molar-refractivity contribution in [3.05, 3.63) is 72.9 Å². The first-order valence-electron chi connectivity index (χ1n) is 24.5. The van der Waals surface area contributed by atoms with Crippen LogP contribution in [0.15, 0.2) is 72.9 Å². The molecular formula is C53H90O6. The fourth-order valence-corrected chi connectivity index (χ4v) is 6.63. The fraction of sp³-hybridized carbons (Fsp3) is 0.717. The minimum absolute atomic E-state index is 0.0898. The molecule has 0 saturated heterocycles. The van der Waals surface area contributed by atoms with Crippen molar-refractivity contribution in [2.45, 2.75) is 232 Å². The molecule has 0 heterocycles. The maximum Gasteiger partial charge on any atom is 0.306 e. The van der Waals surface area contributed by atoms with Gasteiger partial charge in [-0.2, -0.15) is 0 Å². The van der Waals surface area contributed by atoms with Gasteiger partial charge in [-0.05, 0) is 64.2 Å². The first-order valence-corrected chi connectivity index (χ1v) is 24.5. The predicted molar refractivity (Wildman–Crippen MR) is 251 cm³/mol. The van der Waals surface area contributed by atoms with E-state index in [0.717, 1.165) is 70.6 Å². The first-order chi connectivity index (χ1) is 29.0. The van der Waals surface area contributed by atoms with Gasteiger partial charge >= 0.3 is 17.9 Å². The van der Waals surface area contributed by atoms with E-state index in [1.807, 2.05) is 48.6 Å². The maximum atomic E-state index is 12.8. The lowest BCUT2D eigenvalue weighted by molar-refractivity contribution is -0.167. The second kappa shape index (κ2) is 47.5. The van der Waals surface area contributed by atoms with Crippen molar-refractivity contribution in [3.63, 3.8) is 0 Å². The van der Waals surface area contributed by atoms with Gasteiger partial charge in [-0.3, -0.25) is 14.4 Å². The molecule has 0 amide bonds. The number of unbranched alkanes of at least 4 members (excludes halogenated alkanes) is 24. The Kier molecular flexibility index (Phi) is 45.0. The monoisotopic (exact) mass is 823 g/mol. The van der Waals surface area contributed by atoms with Crippen LogP contribution < -0.4 is 0 Å². The highest BCUT2D eigenvalue weighted by molar-refractivity contribution is 5.71. The molecular weight excluding hydrogens is 733 g/mol. The molecule has 338 valence electrons. The van der Waals surface area contributed by atoms with Crippen molar-refractivity contribution in [1.29, 1.82) is 0 Å². The van der Waals surface area contributed by atoms with E-state index in [0.29, 0.717) is 19.3 Å². The SMILES string of the molecule is CC\C=C/C=C\C=C/C=C\C=C/CCCCCC(=O)OCC(COC(=O)CCCCCCCCCCCCC)OC(=O)CCCCCCCCC/C=C\CCCCCC. The molecule has 0 bridgehead atoms. The third-order valence-corrected chi connectivity index (χ3v) is 10.3. The molecule has 0 aliphatic carbocycles. The summed E-state index contributed by atoms with van der Waals surface area (Å²) in [6.45, 7) is 6.43. The van der Waals surface area contributed by atoms with Crippen LogP contribution >= 0.6 is 0 Å². The number of carbonyl (C=O) groups is 3. The summed E-state index contributed by atoms with van der Waals surface area (Å²) < 4.78 is 16.7. The van der Waals surface area contributed by atoms with Gasteiger partial charge in [0, 0.05) is 19.3 Å². The van der Waals surface area contributed by atoms with Gasteiger partial charge < -0.3 is 14.2 Å². The van der Waals surface area contributed by atoms with Crippen molar-refractivity contribution >= 4 is 17.9 Å². The van der Waals surface area contributed by atoms with Gasteiger partial charge in [0.25, 0.3) is 0 Å². The van der Waals surface area contributed by atoms with Crippen LogP contribution in [0.1, 0.15) is 226 Å². The van der Waals surface area contributed by atoms with E-state index in [4.69, 9.17) is 14.2 Å². The Balaban J connectivity index is 4.46. The molecule has 0 aromatic heterocycles. The van der Waals surface area contributed by atoms with E-state index in [9.17, 15) is 14.4 Å². The van der Waals surface area contributed by atoms with E-state index in [-0.39, 0.29) is 31.1 Å². The Morgan fingerprint density at radius 2 is 0.678 bits per heavy atom. The van der Waals surface area contributed by atoms with Crippen molar-refractivity contribution in [2.75, 3.05) is 13.2 Å². The normalized spacial score (nSPS) is 12.7. The number of rotatable bonds is 43. The highest BCUT2D eigenvalue weighted by atomic mass is 16.6. The molecule has 0 rings (SSSR count). The molecule has 6 nitrogen and oxygen atoms in total. The minimum Gasteiger partial charge on any atom is -0.462 e.